The van der Waals surface area contributed by atoms with Gasteiger partial charge in [0, 0.05) is 37.8 Å². The van der Waals surface area contributed by atoms with E-state index >= 15 is 0 Å². The SMILES string of the molecule is O=C(NC1CC1)C(=O)N1CCN(C(=O)c2cccc(OCc3ccc(F)cc3)c2)CC1. The molecule has 162 valence electrons. The Morgan fingerprint density at radius 2 is 1.65 bits per heavy atom. The van der Waals surface area contributed by atoms with Crippen molar-refractivity contribution in [3.63, 3.8) is 0 Å². The lowest BCUT2D eigenvalue weighted by Crippen LogP contribution is -2.54. The number of amides is 3. The zero-order valence-corrected chi connectivity index (χ0v) is 17.1. The molecule has 1 aliphatic carbocycles. The van der Waals surface area contributed by atoms with Crippen LogP contribution in [0.1, 0.15) is 28.8 Å². The van der Waals surface area contributed by atoms with Crippen LogP contribution < -0.4 is 10.1 Å². The Morgan fingerprint density at radius 3 is 2.32 bits per heavy atom. The normalized spacial score (nSPS) is 16.0. The maximum Gasteiger partial charge on any atom is 0.312 e. The molecule has 0 radical (unpaired) electrons. The van der Waals surface area contributed by atoms with Gasteiger partial charge in [-0.1, -0.05) is 18.2 Å². The summed E-state index contributed by atoms with van der Waals surface area (Å²) in [7, 11) is 0. The van der Waals surface area contributed by atoms with Gasteiger partial charge in [0.15, 0.2) is 0 Å². The van der Waals surface area contributed by atoms with E-state index in [4.69, 9.17) is 4.74 Å². The van der Waals surface area contributed by atoms with E-state index in [1.807, 2.05) is 0 Å². The van der Waals surface area contributed by atoms with Crippen molar-refractivity contribution >= 4 is 17.7 Å². The largest absolute Gasteiger partial charge is 0.489 e. The summed E-state index contributed by atoms with van der Waals surface area (Å²) in [4.78, 5) is 40.2. The lowest BCUT2D eigenvalue weighted by atomic mass is 10.1. The fraction of sp³-hybridized carbons (Fsp3) is 0.348. The van der Waals surface area contributed by atoms with Gasteiger partial charge >= 0.3 is 11.8 Å². The summed E-state index contributed by atoms with van der Waals surface area (Å²) in [5.41, 5.74) is 1.31. The van der Waals surface area contributed by atoms with Gasteiger partial charge in [-0.05, 0) is 48.7 Å². The fourth-order valence-electron chi connectivity index (χ4n) is 3.38. The molecule has 1 aliphatic heterocycles. The van der Waals surface area contributed by atoms with Crippen molar-refractivity contribution in [2.24, 2.45) is 0 Å². The zero-order chi connectivity index (χ0) is 21.8. The van der Waals surface area contributed by atoms with E-state index in [-0.39, 0.29) is 24.4 Å². The maximum atomic E-state index is 13.0. The number of carbonyl (C=O) groups is 3. The quantitative estimate of drug-likeness (QED) is 0.743. The molecule has 1 saturated heterocycles. The molecule has 0 aromatic heterocycles. The topological polar surface area (TPSA) is 79.0 Å². The molecule has 4 rings (SSSR count). The van der Waals surface area contributed by atoms with Crippen LogP contribution in [0.15, 0.2) is 48.5 Å². The lowest BCUT2D eigenvalue weighted by Gasteiger charge is -2.34. The number of nitrogens with one attached hydrogen (secondary N) is 1. The molecule has 2 aliphatic rings. The molecule has 2 fully saturated rings. The van der Waals surface area contributed by atoms with E-state index in [0.717, 1.165) is 18.4 Å². The number of benzene rings is 2. The molecule has 0 atom stereocenters. The summed E-state index contributed by atoms with van der Waals surface area (Å²) in [5, 5.41) is 2.70. The number of ether oxygens (including phenoxy) is 1. The predicted molar refractivity (Wildman–Crippen MR) is 111 cm³/mol. The first-order valence-corrected chi connectivity index (χ1v) is 10.4. The Hall–Kier alpha value is -3.42. The maximum absolute atomic E-state index is 13.0. The highest BCUT2D eigenvalue weighted by Gasteiger charge is 2.31. The van der Waals surface area contributed by atoms with Crippen molar-refractivity contribution in [2.45, 2.75) is 25.5 Å². The predicted octanol–water partition coefficient (Wildman–Crippen LogP) is 1.97. The monoisotopic (exact) mass is 425 g/mol. The van der Waals surface area contributed by atoms with Gasteiger partial charge in [0.05, 0.1) is 0 Å². The number of halogens is 1. The van der Waals surface area contributed by atoms with Gasteiger partial charge in [0.1, 0.15) is 18.2 Å². The highest BCUT2D eigenvalue weighted by atomic mass is 19.1. The molecule has 8 heteroatoms. The summed E-state index contributed by atoms with van der Waals surface area (Å²) in [6.45, 7) is 1.64. The van der Waals surface area contributed by atoms with Gasteiger partial charge in [0.25, 0.3) is 5.91 Å². The third-order valence-electron chi connectivity index (χ3n) is 5.36. The first-order chi connectivity index (χ1) is 15.0. The average Bonchev–Trinajstić information content (AvgIpc) is 3.62. The molecule has 1 N–H and O–H groups in total. The van der Waals surface area contributed by atoms with Gasteiger partial charge in [0.2, 0.25) is 0 Å². The third-order valence-corrected chi connectivity index (χ3v) is 5.36. The summed E-state index contributed by atoms with van der Waals surface area (Å²) >= 11 is 0. The van der Waals surface area contributed by atoms with Crippen molar-refractivity contribution < 1.29 is 23.5 Å². The van der Waals surface area contributed by atoms with Crippen LogP contribution in [-0.4, -0.2) is 59.7 Å². The van der Waals surface area contributed by atoms with Gasteiger partial charge in [-0.3, -0.25) is 14.4 Å². The Balaban J connectivity index is 1.30. The minimum absolute atomic E-state index is 0.136. The molecule has 0 bridgehead atoms. The van der Waals surface area contributed by atoms with Crippen LogP contribution in [0.5, 0.6) is 5.75 Å². The first kappa shape index (κ1) is 20.8. The molecule has 3 amide bonds. The Bertz CT molecular complexity index is 967. The minimum atomic E-state index is -0.562. The standard InChI is InChI=1S/C23H24FN3O4/c24-18-6-4-16(5-7-18)15-31-20-3-1-2-17(14-20)22(29)26-10-12-27(13-11-26)23(30)21(28)25-19-8-9-19/h1-7,14,19H,8-13,15H2,(H,25,28). The van der Waals surface area contributed by atoms with E-state index in [9.17, 15) is 18.8 Å². The van der Waals surface area contributed by atoms with Crippen LogP contribution in [0.2, 0.25) is 0 Å². The third kappa shape index (κ3) is 5.39. The highest BCUT2D eigenvalue weighted by Crippen LogP contribution is 2.19. The van der Waals surface area contributed by atoms with E-state index in [1.165, 1.54) is 17.0 Å². The Labute approximate surface area is 179 Å². The van der Waals surface area contributed by atoms with Gasteiger partial charge in [-0.15, -0.1) is 0 Å². The molecule has 2 aromatic carbocycles. The number of carbonyl (C=O) groups excluding carboxylic acids is 3. The lowest BCUT2D eigenvalue weighted by molar-refractivity contribution is -0.146. The summed E-state index contributed by atoms with van der Waals surface area (Å²) < 4.78 is 18.7. The van der Waals surface area contributed by atoms with Gasteiger partial charge in [-0.25, -0.2) is 4.39 Å². The second-order valence-corrected chi connectivity index (χ2v) is 7.78. The zero-order valence-electron chi connectivity index (χ0n) is 17.1. The molecule has 0 unspecified atom stereocenters. The van der Waals surface area contributed by atoms with Crippen LogP contribution in [0.4, 0.5) is 4.39 Å². The van der Waals surface area contributed by atoms with Crippen LogP contribution >= 0.6 is 0 Å². The summed E-state index contributed by atoms with van der Waals surface area (Å²) in [6, 6.07) is 13.1. The van der Waals surface area contributed by atoms with Gasteiger partial charge in [-0.2, -0.15) is 0 Å². The molecule has 31 heavy (non-hydrogen) atoms. The van der Waals surface area contributed by atoms with E-state index in [2.05, 4.69) is 5.32 Å². The number of hydrogen-bond donors (Lipinski definition) is 1. The van der Waals surface area contributed by atoms with Crippen molar-refractivity contribution in [3.05, 3.63) is 65.5 Å². The molecule has 1 heterocycles. The Morgan fingerprint density at radius 1 is 0.968 bits per heavy atom. The second-order valence-electron chi connectivity index (χ2n) is 7.78. The second kappa shape index (κ2) is 9.16. The summed E-state index contributed by atoms with van der Waals surface area (Å²) in [5.74, 6) is -1.01. The van der Waals surface area contributed by atoms with Crippen LogP contribution in [0.25, 0.3) is 0 Å². The molecular weight excluding hydrogens is 401 g/mol. The molecule has 1 saturated carbocycles. The van der Waals surface area contributed by atoms with E-state index in [0.29, 0.717) is 37.5 Å². The van der Waals surface area contributed by atoms with Crippen LogP contribution in [0.3, 0.4) is 0 Å². The van der Waals surface area contributed by atoms with Gasteiger partial charge < -0.3 is 19.9 Å². The highest BCUT2D eigenvalue weighted by molar-refractivity contribution is 6.35. The fourth-order valence-corrected chi connectivity index (χ4v) is 3.38. The number of nitrogens with zero attached hydrogens (tertiary/aromatic N) is 2. The molecule has 2 aromatic rings. The van der Waals surface area contributed by atoms with E-state index in [1.54, 1.807) is 41.3 Å². The number of rotatable bonds is 5. The minimum Gasteiger partial charge on any atom is -0.489 e. The van der Waals surface area contributed by atoms with Crippen LogP contribution in [0, 0.1) is 5.82 Å². The van der Waals surface area contributed by atoms with E-state index < -0.39 is 11.8 Å². The molecule has 7 nitrogen and oxygen atoms in total. The number of hydrogen-bond acceptors (Lipinski definition) is 4. The average molecular weight is 425 g/mol. The first-order valence-electron chi connectivity index (χ1n) is 10.4. The smallest absolute Gasteiger partial charge is 0.312 e. The molecular formula is C23H24FN3O4. The van der Waals surface area contributed by atoms with Crippen molar-refractivity contribution in [3.8, 4) is 5.75 Å². The van der Waals surface area contributed by atoms with Crippen molar-refractivity contribution in [1.82, 2.24) is 15.1 Å². The summed E-state index contributed by atoms with van der Waals surface area (Å²) in [6.07, 6.45) is 1.85. The Kier molecular flexibility index (Phi) is 6.16. The molecule has 0 spiro atoms. The van der Waals surface area contributed by atoms with Crippen molar-refractivity contribution in [1.29, 1.82) is 0 Å². The number of piperazine rings is 1. The van der Waals surface area contributed by atoms with Crippen LogP contribution in [-0.2, 0) is 16.2 Å². The van der Waals surface area contributed by atoms with Crippen molar-refractivity contribution in [2.75, 3.05) is 26.2 Å².